The second-order valence-corrected chi connectivity index (χ2v) is 4.84. The van der Waals surface area contributed by atoms with Crippen molar-refractivity contribution in [1.82, 2.24) is 14.9 Å². The van der Waals surface area contributed by atoms with Crippen LogP contribution in [-0.2, 0) is 6.54 Å². The summed E-state index contributed by atoms with van der Waals surface area (Å²) in [5.74, 6) is 0. The van der Waals surface area contributed by atoms with Crippen LogP contribution in [0.1, 0.15) is 18.9 Å². The van der Waals surface area contributed by atoms with E-state index < -0.39 is 0 Å². The van der Waals surface area contributed by atoms with Gasteiger partial charge in [0.25, 0.3) is 0 Å². The lowest BCUT2D eigenvalue weighted by Crippen LogP contribution is -2.15. The highest BCUT2D eigenvalue weighted by Crippen LogP contribution is 2.20. The molecule has 0 saturated heterocycles. The Kier molecular flexibility index (Phi) is 4.34. The molecule has 2 aromatic rings. The van der Waals surface area contributed by atoms with Gasteiger partial charge in [-0.25, -0.2) is 4.98 Å². The molecule has 0 radical (unpaired) electrons. The summed E-state index contributed by atoms with van der Waals surface area (Å²) in [7, 11) is 0. The molecule has 1 N–H and O–H groups in total. The number of halogens is 1. The maximum atomic E-state index is 4.09. The first-order chi connectivity index (χ1) is 8.31. The minimum absolute atomic E-state index is 0.884. The predicted octanol–water partition coefficient (Wildman–Crippen LogP) is 3.13. The monoisotopic (exact) mass is 293 g/mol. The van der Waals surface area contributed by atoms with Crippen LogP contribution in [-0.4, -0.2) is 16.1 Å². The quantitative estimate of drug-likeness (QED) is 0.859. The van der Waals surface area contributed by atoms with Crippen molar-refractivity contribution in [2.24, 2.45) is 0 Å². The van der Waals surface area contributed by atoms with Crippen molar-refractivity contribution in [2.75, 3.05) is 6.54 Å². The molecule has 90 valence electrons. The first-order valence-corrected chi connectivity index (χ1v) is 6.58. The Labute approximate surface area is 110 Å². The highest BCUT2D eigenvalue weighted by molar-refractivity contribution is 9.10. The van der Waals surface area contributed by atoms with Gasteiger partial charge >= 0.3 is 0 Å². The Hall–Kier alpha value is -1.13. The van der Waals surface area contributed by atoms with Gasteiger partial charge in [0.05, 0.1) is 12.0 Å². The van der Waals surface area contributed by atoms with Crippen LogP contribution in [0.4, 0.5) is 0 Å². The summed E-state index contributed by atoms with van der Waals surface area (Å²) in [4.78, 5) is 4.09. The first-order valence-electron chi connectivity index (χ1n) is 5.78. The molecule has 0 spiro atoms. The molecule has 0 aliphatic carbocycles. The van der Waals surface area contributed by atoms with Gasteiger partial charge in [-0.15, -0.1) is 0 Å². The number of imidazole rings is 1. The van der Waals surface area contributed by atoms with E-state index >= 15 is 0 Å². The molecule has 0 aliphatic heterocycles. The van der Waals surface area contributed by atoms with Crippen LogP contribution in [0.5, 0.6) is 0 Å². The van der Waals surface area contributed by atoms with E-state index in [1.807, 2.05) is 17.1 Å². The molecular formula is C13H16BrN3. The normalized spacial score (nSPS) is 10.7. The van der Waals surface area contributed by atoms with E-state index in [4.69, 9.17) is 0 Å². The van der Waals surface area contributed by atoms with E-state index in [1.54, 1.807) is 6.20 Å². The third kappa shape index (κ3) is 3.17. The van der Waals surface area contributed by atoms with Crippen molar-refractivity contribution in [1.29, 1.82) is 0 Å². The Balaban J connectivity index is 2.25. The molecule has 0 bridgehead atoms. The fourth-order valence-electron chi connectivity index (χ4n) is 1.73. The SMILES string of the molecule is CCCNCc1ccc(Br)cc1-n1ccnc1. The molecule has 0 saturated carbocycles. The van der Waals surface area contributed by atoms with Crippen molar-refractivity contribution < 1.29 is 0 Å². The lowest BCUT2D eigenvalue weighted by Gasteiger charge is -2.11. The van der Waals surface area contributed by atoms with Gasteiger partial charge in [0, 0.05) is 23.4 Å². The van der Waals surface area contributed by atoms with Crippen LogP contribution in [0.25, 0.3) is 5.69 Å². The Morgan fingerprint density at radius 3 is 3.00 bits per heavy atom. The Bertz CT molecular complexity index is 466. The van der Waals surface area contributed by atoms with Gasteiger partial charge in [-0.3, -0.25) is 0 Å². The Morgan fingerprint density at radius 2 is 2.29 bits per heavy atom. The van der Waals surface area contributed by atoms with Gasteiger partial charge in [0.15, 0.2) is 0 Å². The van der Waals surface area contributed by atoms with Gasteiger partial charge in [-0.2, -0.15) is 0 Å². The maximum Gasteiger partial charge on any atom is 0.0991 e. The molecule has 1 aromatic carbocycles. The molecule has 0 aliphatic rings. The molecule has 3 nitrogen and oxygen atoms in total. The number of rotatable bonds is 5. The van der Waals surface area contributed by atoms with Crippen LogP contribution in [0.2, 0.25) is 0 Å². The summed E-state index contributed by atoms with van der Waals surface area (Å²) < 4.78 is 3.12. The average molecular weight is 294 g/mol. The molecule has 0 amide bonds. The van der Waals surface area contributed by atoms with Crippen LogP contribution in [0, 0.1) is 0 Å². The largest absolute Gasteiger partial charge is 0.313 e. The third-order valence-corrected chi connectivity index (χ3v) is 3.07. The van der Waals surface area contributed by atoms with Crippen LogP contribution in [0.15, 0.2) is 41.4 Å². The lowest BCUT2D eigenvalue weighted by molar-refractivity contribution is 0.673. The van der Waals surface area contributed by atoms with E-state index in [9.17, 15) is 0 Å². The second kappa shape index (κ2) is 5.98. The van der Waals surface area contributed by atoms with Crippen molar-refractivity contribution >= 4 is 15.9 Å². The first kappa shape index (κ1) is 12.3. The zero-order valence-electron chi connectivity index (χ0n) is 9.86. The molecule has 1 aromatic heterocycles. The zero-order chi connectivity index (χ0) is 12.1. The molecule has 1 heterocycles. The van der Waals surface area contributed by atoms with Crippen molar-refractivity contribution in [2.45, 2.75) is 19.9 Å². The molecule has 0 atom stereocenters. The number of benzene rings is 1. The summed E-state index contributed by atoms with van der Waals surface area (Å²) in [5, 5.41) is 3.42. The smallest absolute Gasteiger partial charge is 0.0991 e. The summed E-state index contributed by atoms with van der Waals surface area (Å²) in [6.45, 7) is 4.10. The minimum Gasteiger partial charge on any atom is -0.313 e. The summed E-state index contributed by atoms with van der Waals surface area (Å²) in [6.07, 6.45) is 6.73. The second-order valence-electron chi connectivity index (χ2n) is 3.92. The summed E-state index contributed by atoms with van der Waals surface area (Å²) in [6, 6.07) is 6.33. The van der Waals surface area contributed by atoms with Crippen molar-refractivity contribution in [3.63, 3.8) is 0 Å². The number of hydrogen-bond acceptors (Lipinski definition) is 2. The average Bonchev–Trinajstić information content (AvgIpc) is 2.85. The lowest BCUT2D eigenvalue weighted by atomic mass is 10.1. The molecule has 2 rings (SSSR count). The molecule has 17 heavy (non-hydrogen) atoms. The van der Waals surface area contributed by atoms with E-state index in [0.29, 0.717) is 0 Å². The van der Waals surface area contributed by atoms with Gasteiger partial charge in [0.2, 0.25) is 0 Å². The highest BCUT2D eigenvalue weighted by Gasteiger charge is 2.04. The van der Waals surface area contributed by atoms with Crippen molar-refractivity contribution in [3.8, 4) is 5.69 Å². The van der Waals surface area contributed by atoms with E-state index in [2.05, 4.69) is 51.4 Å². The standard InChI is InChI=1S/C13H16BrN3/c1-2-5-15-9-11-3-4-12(14)8-13(11)17-7-6-16-10-17/h3-4,6-8,10,15H,2,5,9H2,1H3. The highest BCUT2D eigenvalue weighted by atomic mass is 79.9. The number of nitrogens with one attached hydrogen (secondary N) is 1. The van der Waals surface area contributed by atoms with E-state index in [1.165, 1.54) is 11.3 Å². The number of aromatic nitrogens is 2. The fourth-order valence-corrected chi connectivity index (χ4v) is 2.08. The zero-order valence-corrected chi connectivity index (χ0v) is 11.4. The van der Waals surface area contributed by atoms with Gasteiger partial charge in [-0.1, -0.05) is 28.9 Å². The fraction of sp³-hybridized carbons (Fsp3) is 0.308. The summed E-state index contributed by atoms with van der Waals surface area (Å²) >= 11 is 3.51. The van der Waals surface area contributed by atoms with E-state index in [0.717, 1.165) is 24.0 Å². The Morgan fingerprint density at radius 1 is 1.41 bits per heavy atom. The predicted molar refractivity (Wildman–Crippen MR) is 73.3 cm³/mol. The topological polar surface area (TPSA) is 29.9 Å². The number of hydrogen-bond donors (Lipinski definition) is 1. The molecular weight excluding hydrogens is 278 g/mol. The van der Waals surface area contributed by atoms with Gasteiger partial charge in [0.1, 0.15) is 0 Å². The molecule has 4 heteroatoms. The third-order valence-electron chi connectivity index (χ3n) is 2.57. The van der Waals surface area contributed by atoms with Crippen LogP contribution >= 0.6 is 15.9 Å². The maximum absolute atomic E-state index is 4.09. The van der Waals surface area contributed by atoms with Crippen molar-refractivity contribution in [3.05, 3.63) is 47.0 Å². The number of nitrogens with zero attached hydrogens (tertiary/aromatic N) is 2. The molecule has 0 fully saturated rings. The summed E-state index contributed by atoms with van der Waals surface area (Å²) in [5.41, 5.74) is 2.44. The van der Waals surface area contributed by atoms with Gasteiger partial charge < -0.3 is 9.88 Å². The van der Waals surface area contributed by atoms with E-state index in [-0.39, 0.29) is 0 Å². The van der Waals surface area contributed by atoms with Crippen LogP contribution in [0.3, 0.4) is 0 Å². The van der Waals surface area contributed by atoms with Crippen LogP contribution < -0.4 is 5.32 Å². The molecule has 0 unspecified atom stereocenters. The minimum atomic E-state index is 0.884. The van der Waals surface area contributed by atoms with Gasteiger partial charge in [-0.05, 0) is 30.7 Å².